The molecule has 10 heteroatoms. The maximum Gasteiger partial charge on any atom is 0.378 e. The van der Waals surface area contributed by atoms with Crippen molar-refractivity contribution >= 4 is 23.5 Å². The van der Waals surface area contributed by atoms with E-state index in [4.69, 9.17) is 4.74 Å². The van der Waals surface area contributed by atoms with E-state index in [9.17, 15) is 19.5 Å². The monoisotopic (exact) mass is 472 g/mol. The van der Waals surface area contributed by atoms with Crippen molar-refractivity contribution < 1.29 is 24.0 Å². The van der Waals surface area contributed by atoms with Gasteiger partial charge in [0.15, 0.2) is 0 Å². The predicted octanol–water partition coefficient (Wildman–Crippen LogP) is 1.13. The van der Waals surface area contributed by atoms with Crippen LogP contribution < -0.4 is 15.4 Å². The Labute approximate surface area is 198 Å². The number of nitrogens with zero attached hydrogens (tertiary/aromatic N) is 3. The lowest BCUT2D eigenvalue weighted by Crippen LogP contribution is -2.49. The summed E-state index contributed by atoms with van der Waals surface area (Å²) in [6.45, 7) is 11.0. The van der Waals surface area contributed by atoms with Crippen molar-refractivity contribution in [1.82, 2.24) is 19.8 Å². The minimum atomic E-state index is -0.629. The maximum absolute atomic E-state index is 13.2. The number of rotatable bonds is 6. The quantitative estimate of drug-likeness (QED) is 0.430. The van der Waals surface area contributed by atoms with Crippen molar-refractivity contribution in [2.24, 2.45) is 5.92 Å². The summed E-state index contributed by atoms with van der Waals surface area (Å²) in [4.78, 5) is 40.7. The average molecular weight is 473 g/mol. The van der Waals surface area contributed by atoms with E-state index in [1.54, 1.807) is 22.5 Å². The van der Waals surface area contributed by atoms with Gasteiger partial charge in [0, 0.05) is 18.7 Å². The number of carbonyl (C=O) groups is 2. The molecule has 1 saturated carbocycles. The first-order valence-electron chi connectivity index (χ1n) is 11.9. The van der Waals surface area contributed by atoms with Crippen LogP contribution in [0.1, 0.15) is 62.2 Å². The lowest BCUT2D eigenvalue weighted by molar-refractivity contribution is -0.686. The van der Waals surface area contributed by atoms with E-state index in [-0.39, 0.29) is 41.5 Å². The topological polar surface area (TPSA) is 120 Å². The van der Waals surface area contributed by atoms with E-state index in [2.05, 4.69) is 10.4 Å². The van der Waals surface area contributed by atoms with Gasteiger partial charge >= 0.3 is 17.1 Å². The van der Waals surface area contributed by atoms with Crippen LogP contribution in [0.5, 0.6) is 5.88 Å². The lowest BCUT2D eigenvalue weighted by atomic mass is 10.1. The molecule has 1 saturated heterocycles. The van der Waals surface area contributed by atoms with Crippen molar-refractivity contribution in [2.75, 3.05) is 13.2 Å². The van der Waals surface area contributed by atoms with Crippen molar-refractivity contribution in [2.45, 2.75) is 72.2 Å². The summed E-state index contributed by atoms with van der Waals surface area (Å²) in [7, 11) is 0. The second kappa shape index (κ2) is 9.25. The van der Waals surface area contributed by atoms with Gasteiger partial charge in [0.25, 0.3) is 5.91 Å². The normalized spacial score (nSPS) is 21.1. The fraction of sp³-hybridized carbons (Fsp3) is 0.583. The van der Waals surface area contributed by atoms with E-state index in [0.29, 0.717) is 36.6 Å². The van der Waals surface area contributed by atoms with Crippen LogP contribution in [0, 0.1) is 12.8 Å². The molecule has 1 aliphatic heterocycles. The Morgan fingerprint density at radius 3 is 2.68 bits per heavy atom. The van der Waals surface area contributed by atoms with Crippen LogP contribution in [0.2, 0.25) is 0 Å². The van der Waals surface area contributed by atoms with Crippen LogP contribution in [-0.2, 0) is 16.1 Å². The molecule has 0 aromatic carbocycles. The molecule has 10 nitrogen and oxygen atoms in total. The Kier molecular flexibility index (Phi) is 6.53. The van der Waals surface area contributed by atoms with Gasteiger partial charge in [0.05, 0.1) is 36.6 Å². The number of H-pyrrole nitrogens is 1. The molecule has 3 heterocycles. The summed E-state index contributed by atoms with van der Waals surface area (Å²) >= 11 is 0. The number of amides is 2. The lowest BCUT2D eigenvalue weighted by Gasteiger charge is -2.36. The zero-order valence-electron chi connectivity index (χ0n) is 20.4. The predicted molar refractivity (Wildman–Crippen MR) is 126 cm³/mol. The summed E-state index contributed by atoms with van der Waals surface area (Å²) in [5.41, 5.74) is 0.735. The summed E-state index contributed by atoms with van der Waals surface area (Å²) < 4.78 is 8.46. The number of morpholine rings is 1. The van der Waals surface area contributed by atoms with Crippen molar-refractivity contribution in [3.8, 4) is 5.88 Å². The number of aryl methyl sites for hydroxylation is 1. The molecule has 4 rings (SSSR count). The van der Waals surface area contributed by atoms with Crippen LogP contribution in [-0.4, -0.2) is 62.8 Å². The molecule has 2 fully saturated rings. The van der Waals surface area contributed by atoms with Gasteiger partial charge in [0.2, 0.25) is 11.5 Å². The third-order valence-electron chi connectivity index (χ3n) is 6.26. The Morgan fingerprint density at radius 2 is 2.03 bits per heavy atom. The van der Waals surface area contributed by atoms with Gasteiger partial charge in [-0.25, -0.2) is 9.89 Å². The minimum Gasteiger partial charge on any atom is -0.477 e. The first-order valence-corrected chi connectivity index (χ1v) is 11.9. The number of aromatic amines is 1. The largest absolute Gasteiger partial charge is 0.477 e. The SMILES string of the molecule is Cc1[nH]n2c(=O)c(C(=O)NC3CC3)c(O)[n+](CC(C)C)c2c1/C=C/C(=O)N1C[C@@H](C)OC[C@H]1C. The van der Waals surface area contributed by atoms with Crippen molar-refractivity contribution in [1.29, 1.82) is 0 Å². The van der Waals surface area contributed by atoms with Crippen LogP contribution in [0.15, 0.2) is 10.9 Å². The number of nitrogens with one attached hydrogen (secondary N) is 2. The van der Waals surface area contributed by atoms with E-state index < -0.39 is 11.5 Å². The third-order valence-corrected chi connectivity index (χ3v) is 6.26. The number of ether oxygens (including phenoxy) is 1. The molecule has 2 aromatic rings. The Bertz CT molecular complexity index is 1210. The first kappa shape index (κ1) is 24.0. The van der Waals surface area contributed by atoms with Gasteiger partial charge in [0.1, 0.15) is 0 Å². The molecule has 0 bridgehead atoms. The van der Waals surface area contributed by atoms with Gasteiger partial charge in [-0.1, -0.05) is 18.4 Å². The summed E-state index contributed by atoms with van der Waals surface area (Å²) in [6.07, 6.45) is 4.85. The van der Waals surface area contributed by atoms with Gasteiger partial charge in [-0.05, 0) is 45.6 Å². The fourth-order valence-electron chi connectivity index (χ4n) is 4.31. The van der Waals surface area contributed by atoms with E-state index >= 15 is 0 Å². The summed E-state index contributed by atoms with van der Waals surface area (Å²) in [5, 5.41) is 16.9. The van der Waals surface area contributed by atoms with E-state index in [0.717, 1.165) is 12.8 Å². The second-order valence-corrected chi connectivity index (χ2v) is 9.88. The molecular formula is C24H34N5O5+. The second-order valence-electron chi connectivity index (χ2n) is 9.88. The molecule has 2 atom stereocenters. The Hall–Kier alpha value is -3.14. The van der Waals surface area contributed by atoms with E-state index in [1.165, 1.54) is 10.6 Å². The summed E-state index contributed by atoms with van der Waals surface area (Å²) in [6, 6.07) is 0.00761. The minimum absolute atomic E-state index is 0.0349. The highest BCUT2D eigenvalue weighted by Gasteiger charge is 2.35. The van der Waals surface area contributed by atoms with Crippen LogP contribution in [0.3, 0.4) is 0 Å². The smallest absolute Gasteiger partial charge is 0.378 e. The summed E-state index contributed by atoms with van der Waals surface area (Å²) in [5.74, 6) is -0.969. The molecule has 184 valence electrons. The maximum atomic E-state index is 13.2. The molecular weight excluding hydrogens is 438 g/mol. The molecule has 34 heavy (non-hydrogen) atoms. The third kappa shape index (κ3) is 4.59. The zero-order chi connectivity index (χ0) is 24.7. The van der Waals surface area contributed by atoms with E-state index in [1.807, 2.05) is 27.7 Å². The Morgan fingerprint density at radius 1 is 1.32 bits per heavy atom. The molecule has 0 radical (unpaired) electrons. The molecule has 0 spiro atoms. The van der Waals surface area contributed by atoms with Crippen molar-refractivity contribution in [3.05, 3.63) is 33.3 Å². The molecule has 0 unspecified atom stereocenters. The number of aromatic nitrogens is 3. The highest BCUT2D eigenvalue weighted by atomic mass is 16.5. The molecule has 1 aliphatic carbocycles. The van der Waals surface area contributed by atoms with Gasteiger partial charge < -0.3 is 20.1 Å². The standard InChI is InChI=1S/C24H33N5O5/c1-13(2)10-28-22-18(8-9-19(30)27-11-15(4)34-12-14(27)3)16(5)26-29(22)24(33)20(23(28)32)21(31)25-17-6-7-17/h8-9,13-15,17H,6-7,10-12H2,1-5H3,(H2,25,31,32,33)/p+1/b9-8+/t14-,15-/m1/s1. The van der Waals surface area contributed by atoms with Gasteiger partial charge in [-0.2, -0.15) is 4.57 Å². The molecule has 2 aliphatic rings. The number of fused-ring (bicyclic) bond motifs is 1. The average Bonchev–Trinajstić information content (AvgIpc) is 3.51. The first-order chi connectivity index (χ1) is 16.1. The van der Waals surface area contributed by atoms with Crippen LogP contribution in [0.25, 0.3) is 11.7 Å². The number of aromatic hydroxyl groups is 1. The van der Waals surface area contributed by atoms with Crippen molar-refractivity contribution in [3.63, 3.8) is 0 Å². The number of hydrogen-bond donors (Lipinski definition) is 3. The number of hydrogen-bond acceptors (Lipinski definition) is 5. The zero-order valence-corrected chi connectivity index (χ0v) is 20.4. The highest BCUT2D eigenvalue weighted by molar-refractivity contribution is 5.96. The molecule has 2 amide bonds. The highest BCUT2D eigenvalue weighted by Crippen LogP contribution is 2.22. The Balaban J connectivity index is 1.79. The molecule has 3 N–H and O–H groups in total. The fourth-order valence-corrected chi connectivity index (χ4v) is 4.31. The van der Waals surface area contributed by atoms with Gasteiger partial charge in [-0.3, -0.25) is 9.59 Å². The van der Waals surface area contributed by atoms with Crippen LogP contribution >= 0.6 is 0 Å². The van der Waals surface area contributed by atoms with Crippen LogP contribution in [0.4, 0.5) is 0 Å². The molecule has 2 aromatic heterocycles. The van der Waals surface area contributed by atoms with Gasteiger partial charge in [-0.15, -0.1) is 0 Å². The number of carbonyl (C=O) groups excluding carboxylic acids is 2.